The van der Waals surface area contributed by atoms with Crippen molar-refractivity contribution < 1.29 is 4.39 Å². The lowest BCUT2D eigenvalue weighted by molar-refractivity contribution is 0.217. The number of aromatic nitrogens is 5. The molecule has 0 radical (unpaired) electrons. The van der Waals surface area contributed by atoms with E-state index in [1.54, 1.807) is 16.8 Å². The average Bonchev–Trinajstić information content (AvgIpc) is 3.25. The zero-order chi connectivity index (χ0) is 18.8. The molecule has 1 aliphatic heterocycles. The third-order valence-corrected chi connectivity index (χ3v) is 5.23. The van der Waals surface area contributed by atoms with Crippen LogP contribution < -0.4 is 0 Å². The van der Waals surface area contributed by atoms with Crippen LogP contribution in [0.3, 0.4) is 0 Å². The molecule has 7 heteroatoms. The molecule has 0 aliphatic carbocycles. The van der Waals surface area contributed by atoms with Crippen molar-refractivity contribution in [1.82, 2.24) is 29.4 Å². The van der Waals surface area contributed by atoms with Gasteiger partial charge in [-0.3, -0.25) is 4.68 Å². The van der Waals surface area contributed by atoms with Crippen LogP contribution in [0.15, 0.2) is 36.7 Å². The van der Waals surface area contributed by atoms with Crippen molar-refractivity contribution in [3.05, 3.63) is 53.9 Å². The molecule has 2 aromatic heterocycles. The largest absolute Gasteiger partial charge is 0.306 e. The molecule has 6 nitrogen and oxygen atoms in total. The van der Waals surface area contributed by atoms with Gasteiger partial charge in [-0.15, -0.1) is 0 Å². The summed E-state index contributed by atoms with van der Waals surface area (Å²) in [4.78, 5) is 7.20. The number of piperidine rings is 1. The summed E-state index contributed by atoms with van der Waals surface area (Å²) in [7, 11) is 4.07. The minimum Gasteiger partial charge on any atom is -0.306 e. The Kier molecular flexibility index (Phi) is 5.03. The van der Waals surface area contributed by atoms with Gasteiger partial charge in [0.25, 0.3) is 0 Å². The molecule has 0 amide bonds. The number of aryl methyl sites for hydroxylation is 1. The van der Waals surface area contributed by atoms with Crippen molar-refractivity contribution in [1.29, 1.82) is 0 Å². The molecule has 0 spiro atoms. The van der Waals surface area contributed by atoms with Gasteiger partial charge in [-0.1, -0.05) is 12.1 Å². The molecule has 0 atom stereocenters. The highest BCUT2D eigenvalue weighted by molar-refractivity contribution is 5.52. The Morgan fingerprint density at radius 3 is 2.52 bits per heavy atom. The summed E-state index contributed by atoms with van der Waals surface area (Å²) < 4.78 is 16.9. The number of hydrogen-bond acceptors (Lipinski definition) is 4. The maximum Gasteiger partial charge on any atom is 0.161 e. The fourth-order valence-electron chi connectivity index (χ4n) is 3.62. The predicted molar refractivity (Wildman–Crippen MR) is 102 cm³/mol. The summed E-state index contributed by atoms with van der Waals surface area (Å²) in [6, 6.07) is 6.55. The lowest BCUT2D eigenvalue weighted by Crippen LogP contribution is -2.31. The normalized spacial score (nSPS) is 16.1. The summed E-state index contributed by atoms with van der Waals surface area (Å²) in [5, 5.41) is 9.05. The first-order valence-electron chi connectivity index (χ1n) is 9.42. The molecule has 0 bridgehead atoms. The van der Waals surface area contributed by atoms with Gasteiger partial charge in [-0.25, -0.2) is 14.1 Å². The van der Waals surface area contributed by atoms with Gasteiger partial charge in [0.05, 0.1) is 18.3 Å². The van der Waals surface area contributed by atoms with Crippen molar-refractivity contribution in [2.24, 2.45) is 13.0 Å². The van der Waals surface area contributed by atoms with Crippen LogP contribution in [-0.2, 0) is 20.0 Å². The molecular weight excluding hydrogens is 343 g/mol. The lowest BCUT2D eigenvalue weighted by Gasteiger charge is -2.28. The summed E-state index contributed by atoms with van der Waals surface area (Å²) in [5.41, 5.74) is 1.94. The van der Waals surface area contributed by atoms with Crippen molar-refractivity contribution >= 4 is 0 Å². The van der Waals surface area contributed by atoms with Crippen molar-refractivity contribution in [3.63, 3.8) is 0 Å². The number of likely N-dealkylation sites (tertiary alicyclic amines) is 1. The smallest absolute Gasteiger partial charge is 0.161 e. The van der Waals surface area contributed by atoms with Gasteiger partial charge < -0.3 is 4.90 Å². The van der Waals surface area contributed by atoms with E-state index < -0.39 is 0 Å². The molecule has 0 unspecified atom stereocenters. The predicted octanol–water partition coefficient (Wildman–Crippen LogP) is 2.75. The van der Waals surface area contributed by atoms with Gasteiger partial charge in [0, 0.05) is 19.7 Å². The first-order chi connectivity index (χ1) is 13.1. The molecule has 1 fully saturated rings. The monoisotopic (exact) mass is 368 g/mol. The average molecular weight is 368 g/mol. The summed E-state index contributed by atoms with van der Waals surface area (Å²) >= 11 is 0. The molecule has 3 heterocycles. The minimum atomic E-state index is -0.229. The second-order valence-electron chi connectivity index (χ2n) is 7.49. The van der Waals surface area contributed by atoms with E-state index in [9.17, 15) is 4.39 Å². The van der Waals surface area contributed by atoms with Crippen LogP contribution in [0.4, 0.5) is 4.39 Å². The van der Waals surface area contributed by atoms with Crippen molar-refractivity contribution in [2.75, 3.05) is 20.1 Å². The lowest BCUT2D eigenvalue weighted by atomic mass is 9.94. The maximum absolute atomic E-state index is 13.2. The summed E-state index contributed by atoms with van der Waals surface area (Å²) in [5.74, 6) is 2.10. The van der Waals surface area contributed by atoms with E-state index in [1.165, 1.54) is 25.0 Å². The Morgan fingerprint density at radius 1 is 1.11 bits per heavy atom. The summed E-state index contributed by atoms with van der Waals surface area (Å²) in [6.07, 6.45) is 7.03. The zero-order valence-corrected chi connectivity index (χ0v) is 15.8. The second kappa shape index (κ2) is 7.60. The van der Waals surface area contributed by atoms with Crippen LogP contribution in [0.5, 0.6) is 0 Å². The molecule has 0 saturated carbocycles. The molecule has 1 saturated heterocycles. The van der Waals surface area contributed by atoms with E-state index in [0.717, 1.165) is 42.3 Å². The van der Waals surface area contributed by atoms with E-state index in [0.29, 0.717) is 12.5 Å². The Labute approximate surface area is 158 Å². The zero-order valence-electron chi connectivity index (χ0n) is 15.8. The van der Waals surface area contributed by atoms with E-state index in [2.05, 4.69) is 17.0 Å². The van der Waals surface area contributed by atoms with Crippen LogP contribution in [0.1, 0.15) is 24.2 Å². The van der Waals surface area contributed by atoms with Gasteiger partial charge in [-0.05, 0) is 56.6 Å². The van der Waals surface area contributed by atoms with Gasteiger partial charge in [0.1, 0.15) is 5.82 Å². The number of halogens is 1. The molecular formula is C20H25FN6. The van der Waals surface area contributed by atoms with Gasteiger partial charge >= 0.3 is 0 Å². The number of hydrogen-bond donors (Lipinski definition) is 0. The molecule has 4 rings (SSSR count). The van der Waals surface area contributed by atoms with Crippen LogP contribution >= 0.6 is 0 Å². The quantitative estimate of drug-likeness (QED) is 0.695. The van der Waals surface area contributed by atoms with E-state index in [4.69, 9.17) is 10.1 Å². The Bertz CT molecular complexity index is 890. The third kappa shape index (κ3) is 4.24. The topological polar surface area (TPSA) is 51.8 Å². The molecule has 1 aliphatic rings. The Balaban J connectivity index is 1.59. The Morgan fingerprint density at radius 2 is 1.85 bits per heavy atom. The van der Waals surface area contributed by atoms with E-state index in [1.807, 2.05) is 24.1 Å². The maximum atomic E-state index is 13.2. The van der Waals surface area contributed by atoms with Gasteiger partial charge in [-0.2, -0.15) is 10.2 Å². The first-order valence-corrected chi connectivity index (χ1v) is 9.42. The number of nitrogens with zero attached hydrogens (tertiary/aromatic N) is 6. The third-order valence-electron chi connectivity index (χ3n) is 5.23. The van der Waals surface area contributed by atoms with Crippen LogP contribution in [0.25, 0.3) is 11.4 Å². The van der Waals surface area contributed by atoms with Crippen LogP contribution in [0.2, 0.25) is 0 Å². The fraction of sp³-hybridized carbons (Fsp3) is 0.450. The summed E-state index contributed by atoms with van der Waals surface area (Å²) in [6.45, 7) is 2.83. The highest BCUT2D eigenvalue weighted by Gasteiger charge is 2.21. The highest BCUT2D eigenvalue weighted by atomic mass is 19.1. The molecule has 0 N–H and O–H groups in total. The Hall–Kier alpha value is -2.54. The van der Waals surface area contributed by atoms with E-state index >= 15 is 0 Å². The minimum absolute atomic E-state index is 0.229. The molecule has 142 valence electrons. The van der Waals surface area contributed by atoms with Crippen molar-refractivity contribution in [2.45, 2.75) is 25.8 Å². The fourth-order valence-corrected chi connectivity index (χ4v) is 3.62. The molecule has 27 heavy (non-hydrogen) atoms. The van der Waals surface area contributed by atoms with Crippen LogP contribution in [0, 0.1) is 11.7 Å². The standard InChI is InChI=1S/C20H25FN6/c1-25-9-7-15(8-10-25)11-19-23-20(17-12-22-26(2)14-17)27(24-19)13-16-3-5-18(21)6-4-16/h3-6,12,14-15H,7-11,13H2,1-2H3. The van der Waals surface area contributed by atoms with Crippen molar-refractivity contribution in [3.8, 4) is 11.4 Å². The van der Waals surface area contributed by atoms with Gasteiger partial charge in [0.2, 0.25) is 0 Å². The number of rotatable bonds is 5. The highest BCUT2D eigenvalue weighted by Crippen LogP contribution is 2.23. The second-order valence-corrected chi connectivity index (χ2v) is 7.49. The SMILES string of the molecule is CN1CCC(Cc2nc(-c3cnn(C)c3)n(Cc3ccc(F)cc3)n2)CC1. The first kappa shape index (κ1) is 17.9. The van der Waals surface area contributed by atoms with Crippen LogP contribution in [-0.4, -0.2) is 49.6 Å². The number of benzene rings is 1. The van der Waals surface area contributed by atoms with E-state index in [-0.39, 0.29) is 5.82 Å². The molecule has 1 aromatic carbocycles. The van der Waals surface area contributed by atoms with Gasteiger partial charge in [0.15, 0.2) is 11.6 Å². The molecule has 3 aromatic rings.